The molecule has 2 rings (SSSR count). The molecule has 1 N–H and O–H groups in total. The minimum absolute atomic E-state index is 0.158. The van der Waals surface area contributed by atoms with Crippen molar-refractivity contribution in [3.8, 4) is 11.5 Å². The van der Waals surface area contributed by atoms with Gasteiger partial charge in [-0.05, 0) is 49.2 Å². The lowest BCUT2D eigenvalue weighted by Gasteiger charge is -2.11. The molecule has 0 saturated heterocycles. The molecule has 6 nitrogen and oxygen atoms in total. The highest BCUT2D eigenvalue weighted by molar-refractivity contribution is 7.89. The summed E-state index contributed by atoms with van der Waals surface area (Å²) in [6, 6.07) is 13.4. The first-order valence-corrected chi connectivity index (χ1v) is 9.54. The summed E-state index contributed by atoms with van der Waals surface area (Å²) in [4.78, 5) is 2.35. The standard InChI is InChI=1S/C18H22N2O4S/c1-3-12-24-17-11-10-15(13-18(17)23-4-2)14-19-20-25(21,22)16-8-6-5-7-9-16/h5-11,13-14,20H,3-4,12H2,1-2H3/b19-14-. The number of hydrazone groups is 1. The minimum Gasteiger partial charge on any atom is -0.490 e. The number of benzene rings is 2. The molecule has 0 aliphatic heterocycles. The van der Waals surface area contributed by atoms with Gasteiger partial charge in [0.15, 0.2) is 11.5 Å². The summed E-state index contributed by atoms with van der Waals surface area (Å²) < 4.78 is 35.4. The van der Waals surface area contributed by atoms with Crippen LogP contribution in [0.2, 0.25) is 0 Å². The number of hydrogen-bond acceptors (Lipinski definition) is 5. The monoisotopic (exact) mass is 362 g/mol. The number of rotatable bonds is 9. The second-order valence-corrected chi connectivity index (χ2v) is 6.81. The second kappa shape index (κ2) is 9.08. The molecule has 0 aliphatic carbocycles. The molecular formula is C18H22N2O4S. The Balaban J connectivity index is 2.11. The van der Waals surface area contributed by atoms with Crippen molar-refractivity contribution in [2.45, 2.75) is 25.2 Å². The highest BCUT2D eigenvalue weighted by Gasteiger charge is 2.11. The number of ether oxygens (including phenoxy) is 2. The van der Waals surface area contributed by atoms with Crippen molar-refractivity contribution in [2.75, 3.05) is 13.2 Å². The summed E-state index contributed by atoms with van der Waals surface area (Å²) >= 11 is 0. The number of nitrogens with one attached hydrogen (secondary N) is 1. The normalized spacial score (nSPS) is 11.4. The first-order valence-electron chi connectivity index (χ1n) is 8.06. The molecular weight excluding hydrogens is 340 g/mol. The van der Waals surface area contributed by atoms with Crippen molar-refractivity contribution in [2.24, 2.45) is 5.10 Å². The van der Waals surface area contributed by atoms with Gasteiger partial charge in [-0.1, -0.05) is 25.1 Å². The van der Waals surface area contributed by atoms with Crippen molar-refractivity contribution in [1.82, 2.24) is 4.83 Å². The van der Waals surface area contributed by atoms with Gasteiger partial charge in [-0.3, -0.25) is 0 Å². The zero-order chi connectivity index (χ0) is 18.1. The summed E-state index contributed by atoms with van der Waals surface area (Å²) in [6.45, 7) is 5.02. The summed E-state index contributed by atoms with van der Waals surface area (Å²) in [5.74, 6) is 1.26. The van der Waals surface area contributed by atoms with Crippen LogP contribution in [0.3, 0.4) is 0 Å². The fourth-order valence-electron chi connectivity index (χ4n) is 2.03. The van der Waals surface area contributed by atoms with E-state index in [1.54, 1.807) is 36.4 Å². The van der Waals surface area contributed by atoms with Crippen LogP contribution in [0.15, 0.2) is 58.5 Å². The SMILES string of the molecule is CCCOc1ccc(/C=N\NS(=O)(=O)c2ccccc2)cc1OCC. The van der Waals surface area contributed by atoms with Crippen LogP contribution in [-0.2, 0) is 10.0 Å². The van der Waals surface area contributed by atoms with Crippen LogP contribution in [0.5, 0.6) is 11.5 Å². The Kier molecular flexibility index (Phi) is 6.82. The molecule has 0 fully saturated rings. The van der Waals surface area contributed by atoms with Gasteiger partial charge in [0, 0.05) is 0 Å². The lowest BCUT2D eigenvalue weighted by Crippen LogP contribution is -2.18. The van der Waals surface area contributed by atoms with Crippen LogP contribution < -0.4 is 14.3 Å². The van der Waals surface area contributed by atoms with E-state index in [1.807, 2.05) is 13.8 Å². The Bertz CT molecular complexity index is 805. The maximum atomic E-state index is 12.1. The van der Waals surface area contributed by atoms with E-state index in [4.69, 9.17) is 9.47 Å². The highest BCUT2D eigenvalue weighted by Crippen LogP contribution is 2.28. The number of sulfonamides is 1. The van der Waals surface area contributed by atoms with Gasteiger partial charge in [-0.2, -0.15) is 13.5 Å². The van der Waals surface area contributed by atoms with E-state index in [9.17, 15) is 8.42 Å². The number of nitrogens with zero attached hydrogens (tertiary/aromatic N) is 1. The van der Waals surface area contributed by atoms with Gasteiger partial charge in [0.1, 0.15) is 0 Å². The molecule has 0 spiro atoms. The fraction of sp³-hybridized carbons (Fsp3) is 0.278. The lowest BCUT2D eigenvalue weighted by molar-refractivity contribution is 0.277. The van der Waals surface area contributed by atoms with Crippen molar-refractivity contribution in [1.29, 1.82) is 0 Å². The summed E-state index contributed by atoms with van der Waals surface area (Å²) in [5, 5.41) is 3.82. The van der Waals surface area contributed by atoms with Gasteiger partial charge in [0.05, 0.1) is 24.3 Å². The van der Waals surface area contributed by atoms with Gasteiger partial charge in [0.2, 0.25) is 0 Å². The Morgan fingerprint density at radius 2 is 1.80 bits per heavy atom. The van der Waals surface area contributed by atoms with Gasteiger partial charge < -0.3 is 9.47 Å². The third kappa shape index (κ3) is 5.49. The maximum Gasteiger partial charge on any atom is 0.276 e. The van der Waals surface area contributed by atoms with Crippen molar-refractivity contribution < 1.29 is 17.9 Å². The van der Waals surface area contributed by atoms with Crippen LogP contribution in [-0.4, -0.2) is 27.8 Å². The van der Waals surface area contributed by atoms with Crippen LogP contribution >= 0.6 is 0 Å². The van der Waals surface area contributed by atoms with Gasteiger partial charge in [-0.15, -0.1) is 0 Å². The third-order valence-corrected chi connectivity index (χ3v) is 4.41. The van der Waals surface area contributed by atoms with Crippen LogP contribution in [0.4, 0.5) is 0 Å². The van der Waals surface area contributed by atoms with Crippen LogP contribution in [0.25, 0.3) is 0 Å². The largest absolute Gasteiger partial charge is 0.490 e. The molecule has 0 heterocycles. The fourth-order valence-corrected chi connectivity index (χ4v) is 2.84. The van der Waals surface area contributed by atoms with E-state index < -0.39 is 10.0 Å². The van der Waals surface area contributed by atoms with Gasteiger partial charge in [-0.25, -0.2) is 4.83 Å². The average Bonchev–Trinajstić information content (AvgIpc) is 2.62. The van der Waals surface area contributed by atoms with E-state index in [1.165, 1.54) is 18.3 Å². The van der Waals surface area contributed by atoms with Crippen LogP contribution in [0.1, 0.15) is 25.8 Å². The summed E-state index contributed by atoms with van der Waals surface area (Å²) in [6.07, 6.45) is 2.32. The Labute approximate surface area is 148 Å². The average molecular weight is 362 g/mol. The van der Waals surface area contributed by atoms with E-state index in [0.29, 0.717) is 30.3 Å². The molecule has 134 valence electrons. The minimum atomic E-state index is -3.67. The third-order valence-electron chi connectivity index (χ3n) is 3.17. The molecule has 2 aromatic carbocycles. The number of hydrogen-bond donors (Lipinski definition) is 1. The highest BCUT2D eigenvalue weighted by atomic mass is 32.2. The molecule has 0 atom stereocenters. The van der Waals surface area contributed by atoms with E-state index >= 15 is 0 Å². The zero-order valence-corrected chi connectivity index (χ0v) is 15.1. The maximum absolute atomic E-state index is 12.1. The summed E-state index contributed by atoms with van der Waals surface area (Å²) in [7, 11) is -3.67. The molecule has 2 aromatic rings. The van der Waals surface area contributed by atoms with E-state index in [2.05, 4.69) is 9.93 Å². The van der Waals surface area contributed by atoms with Crippen molar-refractivity contribution >= 4 is 16.2 Å². The molecule has 25 heavy (non-hydrogen) atoms. The van der Waals surface area contributed by atoms with E-state index in [0.717, 1.165) is 6.42 Å². The van der Waals surface area contributed by atoms with Crippen molar-refractivity contribution in [3.05, 3.63) is 54.1 Å². The molecule has 0 aromatic heterocycles. The molecule has 7 heteroatoms. The smallest absolute Gasteiger partial charge is 0.276 e. The Hall–Kier alpha value is -2.54. The van der Waals surface area contributed by atoms with Crippen molar-refractivity contribution in [3.63, 3.8) is 0 Å². The predicted octanol–water partition coefficient (Wildman–Crippen LogP) is 3.19. The Morgan fingerprint density at radius 1 is 1.04 bits per heavy atom. The first kappa shape index (κ1) is 18.8. The Morgan fingerprint density at radius 3 is 2.48 bits per heavy atom. The van der Waals surface area contributed by atoms with E-state index in [-0.39, 0.29) is 4.90 Å². The molecule has 0 bridgehead atoms. The van der Waals surface area contributed by atoms with Gasteiger partial charge >= 0.3 is 0 Å². The molecule has 0 radical (unpaired) electrons. The van der Waals surface area contributed by atoms with Crippen LogP contribution in [0, 0.1) is 0 Å². The molecule has 0 saturated carbocycles. The first-order chi connectivity index (χ1) is 12.1. The van der Waals surface area contributed by atoms with Gasteiger partial charge in [0.25, 0.3) is 10.0 Å². The molecule has 0 unspecified atom stereocenters. The molecule has 0 amide bonds. The topological polar surface area (TPSA) is 77.0 Å². The summed E-state index contributed by atoms with van der Waals surface area (Å²) in [5.41, 5.74) is 0.697. The quantitative estimate of drug-likeness (QED) is 0.549. The predicted molar refractivity (Wildman–Crippen MR) is 97.8 cm³/mol. The molecule has 0 aliphatic rings. The zero-order valence-electron chi connectivity index (χ0n) is 14.3. The second-order valence-electron chi connectivity index (χ2n) is 5.15. The lowest BCUT2D eigenvalue weighted by atomic mass is 10.2.